The van der Waals surface area contributed by atoms with Gasteiger partial charge in [0.2, 0.25) is 10.0 Å². The SMILES string of the molecule is C#Cc1ccc(C2CCCN2c2ccc(S(=O)(=O)NCC(F)(F)F)cc2C#N)cc1. The first-order valence-corrected chi connectivity index (χ1v) is 10.6. The van der Waals surface area contributed by atoms with Gasteiger partial charge in [-0.25, -0.2) is 13.1 Å². The van der Waals surface area contributed by atoms with Gasteiger partial charge >= 0.3 is 6.18 Å². The Morgan fingerprint density at radius 1 is 1.20 bits per heavy atom. The number of terminal acetylenes is 1. The van der Waals surface area contributed by atoms with Crippen molar-refractivity contribution >= 4 is 15.7 Å². The lowest BCUT2D eigenvalue weighted by molar-refractivity contribution is -0.121. The second kappa shape index (κ2) is 8.39. The second-order valence-electron chi connectivity index (χ2n) is 6.85. The van der Waals surface area contributed by atoms with E-state index in [4.69, 9.17) is 6.42 Å². The van der Waals surface area contributed by atoms with Crippen molar-refractivity contribution < 1.29 is 21.6 Å². The summed E-state index contributed by atoms with van der Waals surface area (Å²) in [5.74, 6) is 2.56. The van der Waals surface area contributed by atoms with Crippen molar-refractivity contribution in [3.05, 3.63) is 59.2 Å². The van der Waals surface area contributed by atoms with Crippen LogP contribution in [0.25, 0.3) is 0 Å². The average Bonchev–Trinajstić information content (AvgIpc) is 3.21. The summed E-state index contributed by atoms with van der Waals surface area (Å²) in [6.45, 7) is -1.02. The van der Waals surface area contributed by atoms with Crippen LogP contribution in [0.3, 0.4) is 0 Å². The van der Waals surface area contributed by atoms with Gasteiger partial charge < -0.3 is 4.90 Å². The molecule has 0 spiro atoms. The van der Waals surface area contributed by atoms with Gasteiger partial charge in [0, 0.05) is 12.1 Å². The number of hydrogen-bond donors (Lipinski definition) is 1. The number of hydrogen-bond acceptors (Lipinski definition) is 4. The number of halogens is 3. The summed E-state index contributed by atoms with van der Waals surface area (Å²) < 4.78 is 63.0. The minimum Gasteiger partial charge on any atom is -0.363 e. The molecule has 1 heterocycles. The maximum Gasteiger partial charge on any atom is 0.402 e. The summed E-state index contributed by atoms with van der Waals surface area (Å²) in [5.41, 5.74) is 2.38. The zero-order chi connectivity index (χ0) is 21.9. The average molecular weight is 433 g/mol. The van der Waals surface area contributed by atoms with Crippen molar-refractivity contribution in [3.8, 4) is 18.4 Å². The minimum atomic E-state index is -4.68. The Labute approximate surface area is 173 Å². The van der Waals surface area contributed by atoms with Crippen LogP contribution in [0, 0.1) is 23.7 Å². The van der Waals surface area contributed by atoms with Crippen molar-refractivity contribution in [2.24, 2.45) is 0 Å². The van der Waals surface area contributed by atoms with Crippen molar-refractivity contribution in [2.75, 3.05) is 18.0 Å². The molecule has 1 aliphatic heterocycles. The standard InChI is InChI=1S/C21H18F3N3O2S/c1-2-15-5-7-16(8-6-15)19-4-3-11-27(19)20-10-9-18(12-17(20)13-25)30(28,29)26-14-21(22,23)24/h1,5-10,12,19,26H,3-4,11,14H2. The van der Waals surface area contributed by atoms with E-state index in [1.807, 2.05) is 35.2 Å². The molecule has 0 bridgehead atoms. The number of nitrogens with zero attached hydrogens (tertiary/aromatic N) is 2. The third kappa shape index (κ3) is 4.76. The van der Waals surface area contributed by atoms with Crippen LogP contribution >= 0.6 is 0 Å². The molecule has 5 nitrogen and oxygen atoms in total. The van der Waals surface area contributed by atoms with Gasteiger partial charge in [-0.05, 0) is 48.7 Å². The van der Waals surface area contributed by atoms with E-state index in [1.165, 1.54) is 16.9 Å². The highest BCUT2D eigenvalue weighted by Crippen LogP contribution is 2.38. The Kier molecular flexibility index (Phi) is 6.06. The lowest BCUT2D eigenvalue weighted by Gasteiger charge is -2.28. The Bertz CT molecular complexity index is 1110. The molecule has 2 aromatic carbocycles. The molecule has 30 heavy (non-hydrogen) atoms. The maximum atomic E-state index is 12.4. The molecule has 1 aliphatic rings. The zero-order valence-corrected chi connectivity index (χ0v) is 16.6. The van der Waals surface area contributed by atoms with Crippen LogP contribution in [0.1, 0.15) is 35.6 Å². The van der Waals surface area contributed by atoms with Gasteiger partial charge in [0.25, 0.3) is 0 Å². The van der Waals surface area contributed by atoms with E-state index in [2.05, 4.69) is 5.92 Å². The molecule has 0 aliphatic carbocycles. The Morgan fingerprint density at radius 3 is 2.50 bits per heavy atom. The number of anilines is 1. The van der Waals surface area contributed by atoms with Gasteiger partial charge in [-0.15, -0.1) is 6.42 Å². The maximum absolute atomic E-state index is 12.4. The van der Waals surface area contributed by atoms with Crippen molar-refractivity contribution in [1.82, 2.24) is 4.72 Å². The molecule has 1 atom stereocenters. The van der Waals surface area contributed by atoms with E-state index in [0.29, 0.717) is 12.2 Å². The van der Waals surface area contributed by atoms with Crippen LogP contribution in [0.5, 0.6) is 0 Å². The fourth-order valence-corrected chi connectivity index (χ4v) is 4.53. The van der Waals surface area contributed by atoms with E-state index in [1.54, 1.807) is 0 Å². The van der Waals surface area contributed by atoms with Gasteiger partial charge in [0.05, 0.1) is 22.2 Å². The zero-order valence-electron chi connectivity index (χ0n) is 15.8. The number of rotatable bonds is 5. The molecule has 1 unspecified atom stereocenters. The van der Waals surface area contributed by atoms with E-state index in [0.717, 1.165) is 30.0 Å². The molecule has 0 saturated carbocycles. The predicted molar refractivity (Wildman–Crippen MR) is 106 cm³/mol. The molecule has 1 N–H and O–H groups in total. The topological polar surface area (TPSA) is 73.2 Å². The molecule has 2 aromatic rings. The normalized spacial score (nSPS) is 16.8. The first kappa shape index (κ1) is 21.7. The quantitative estimate of drug-likeness (QED) is 0.730. The molecule has 9 heteroatoms. The summed E-state index contributed by atoms with van der Waals surface area (Å²) >= 11 is 0. The Hall–Kier alpha value is -3.01. The highest BCUT2D eigenvalue weighted by molar-refractivity contribution is 7.89. The molecule has 0 radical (unpaired) electrons. The summed E-state index contributed by atoms with van der Waals surface area (Å²) in [7, 11) is -4.40. The summed E-state index contributed by atoms with van der Waals surface area (Å²) in [5, 5.41) is 9.56. The van der Waals surface area contributed by atoms with E-state index in [-0.39, 0.29) is 16.5 Å². The van der Waals surface area contributed by atoms with Crippen molar-refractivity contribution in [3.63, 3.8) is 0 Å². The van der Waals surface area contributed by atoms with Crippen molar-refractivity contribution in [1.29, 1.82) is 5.26 Å². The summed E-state index contributed by atoms with van der Waals surface area (Å²) in [4.78, 5) is 1.62. The highest BCUT2D eigenvalue weighted by Gasteiger charge is 2.31. The predicted octanol–water partition coefficient (Wildman–Crippen LogP) is 3.72. The third-order valence-electron chi connectivity index (χ3n) is 4.89. The van der Waals surface area contributed by atoms with Crippen molar-refractivity contribution in [2.45, 2.75) is 30.0 Å². The van der Waals surface area contributed by atoms with E-state index in [9.17, 15) is 26.9 Å². The van der Waals surface area contributed by atoms with Gasteiger partial charge in [-0.3, -0.25) is 0 Å². The monoisotopic (exact) mass is 433 g/mol. The summed E-state index contributed by atoms with van der Waals surface area (Å²) in [6, 6.07) is 13.2. The fourth-order valence-electron chi connectivity index (χ4n) is 3.49. The molecular formula is C21H18F3N3O2S. The minimum absolute atomic E-state index is 0.0188. The van der Waals surface area contributed by atoms with Crippen LogP contribution in [0.2, 0.25) is 0 Å². The number of alkyl halides is 3. The lowest BCUT2D eigenvalue weighted by Crippen LogP contribution is -2.33. The van der Waals surface area contributed by atoms with Crippen LogP contribution < -0.4 is 9.62 Å². The van der Waals surface area contributed by atoms with Gasteiger partial charge in [0.1, 0.15) is 12.6 Å². The smallest absolute Gasteiger partial charge is 0.363 e. The van der Waals surface area contributed by atoms with Crippen LogP contribution in [-0.4, -0.2) is 27.7 Å². The molecule has 3 rings (SSSR count). The number of nitriles is 1. The Morgan fingerprint density at radius 2 is 1.90 bits per heavy atom. The number of benzene rings is 2. The molecule has 1 fully saturated rings. The van der Waals surface area contributed by atoms with Gasteiger partial charge in [-0.2, -0.15) is 18.4 Å². The first-order valence-electron chi connectivity index (χ1n) is 9.08. The molecule has 156 valence electrons. The molecular weight excluding hydrogens is 415 g/mol. The molecule has 0 aromatic heterocycles. The highest BCUT2D eigenvalue weighted by atomic mass is 32.2. The number of nitrogens with one attached hydrogen (secondary N) is 1. The second-order valence-corrected chi connectivity index (χ2v) is 8.62. The Balaban J connectivity index is 1.91. The third-order valence-corrected chi connectivity index (χ3v) is 6.28. The fraction of sp³-hybridized carbons (Fsp3) is 0.286. The number of sulfonamides is 1. The van der Waals surface area contributed by atoms with Crippen LogP contribution in [0.15, 0.2) is 47.4 Å². The van der Waals surface area contributed by atoms with Crippen LogP contribution in [0.4, 0.5) is 18.9 Å². The van der Waals surface area contributed by atoms with E-state index >= 15 is 0 Å². The first-order chi connectivity index (χ1) is 14.1. The van der Waals surface area contributed by atoms with E-state index < -0.39 is 22.7 Å². The van der Waals surface area contributed by atoms with Crippen LogP contribution in [-0.2, 0) is 10.0 Å². The largest absolute Gasteiger partial charge is 0.402 e. The molecule has 1 saturated heterocycles. The van der Waals surface area contributed by atoms with Gasteiger partial charge in [-0.1, -0.05) is 18.1 Å². The summed E-state index contributed by atoms with van der Waals surface area (Å²) in [6.07, 6.45) is 2.43. The van der Waals surface area contributed by atoms with Gasteiger partial charge in [0.15, 0.2) is 0 Å². The molecule has 0 amide bonds. The lowest BCUT2D eigenvalue weighted by atomic mass is 10.0.